The topological polar surface area (TPSA) is 75.8 Å². The summed E-state index contributed by atoms with van der Waals surface area (Å²) in [6, 6.07) is -0.852. The predicted octanol–water partition coefficient (Wildman–Crippen LogP) is 0.944. The van der Waals surface area contributed by atoms with E-state index < -0.39 is 6.03 Å². The fraction of sp³-hybridized carbons (Fsp3) is 0.500. The molecule has 8 heteroatoms. The molecule has 0 unspecified atom stereocenters. The summed E-state index contributed by atoms with van der Waals surface area (Å²) in [7, 11) is 1.18. The Morgan fingerprint density at radius 1 is 1.40 bits per heavy atom. The first-order valence-corrected chi connectivity index (χ1v) is 1.55. The van der Waals surface area contributed by atoms with Gasteiger partial charge in [0.1, 0.15) is 0 Å². The van der Waals surface area contributed by atoms with Crippen LogP contribution in [0.3, 0.4) is 0 Å². The molecule has 0 radical (unpaired) electrons. The SMILES string of the molecule is CN(N=O)C(N)=O.Cl.Cl.Cl. The molecule has 0 aromatic rings. The summed E-state index contributed by atoms with van der Waals surface area (Å²) in [5.41, 5.74) is 4.54. The van der Waals surface area contributed by atoms with Gasteiger partial charge < -0.3 is 5.73 Å². The number of carbonyl (C=O) groups excluding carboxylic acids is 1. The number of nitroso groups, excluding NO2 is 1. The minimum absolute atomic E-state index is 0. The molecule has 0 rings (SSSR count). The number of hydrogen-bond acceptors (Lipinski definition) is 3. The highest BCUT2D eigenvalue weighted by molar-refractivity contribution is 5.86. The highest BCUT2D eigenvalue weighted by Gasteiger charge is 1.97. The van der Waals surface area contributed by atoms with E-state index in [4.69, 9.17) is 0 Å². The molecule has 0 saturated heterocycles. The van der Waals surface area contributed by atoms with Crippen molar-refractivity contribution in [3.8, 4) is 0 Å². The van der Waals surface area contributed by atoms with Gasteiger partial charge in [0.05, 0.1) is 5.29 Å². The minimum atomic E-state index is -0.852. The van der Waals surface area contributed by atoms with Crippen LogP contribution in [0.4, 0.5) is 4.79 Å². The highest BCUT2D eigenvalue weighted by atomic mass is 35.5. The van der Waals surface area contributed by atoms with Crippen LogP contribution in [0, 0.1) is 4.91 Å². The molecule has 0 aromatic carbocycles. The molecule has 0 aliphatic carbocycles. The van der Waals surface area contributed by atoms with E-state index in [1.54, 1.807) is 0 Å². The number of rotatable bonds is 1. The molecule has 2 N–H and O–H groups in total. The van der Waals surface area contributed by atoms with Crippen LogP contribution < -0.4 is 5.73 Å². The van der Waals surface area contributed by atoms with Crippen molar-refractivity contribution >= 4 is 43.3 Å². The summed E-state index contributed by atoms with van der Waals surface area (Å²) in [4.78, 5) is 19.1. The fourth-order valence-corrected chi connectivity index (χ4v) is 0.0402. The van der Waals surface area contributed by atoms with E-state index in [0.29, 0.717) is 5.01 Å². The van der Waals surface area contributed by atoms with Crippen LogP contribution in [0.15, 0.2) is 5.29 Å². The Bertz CT molecular complexity index is 99.7. The van der Waals surface area contributed by atoms with Gasteiger partial charge in [-0.1, -0.05) is 0 Å². The van der Waals surface area contributed by atoms with Gasteiger partial charge >= 0.3 is 6.03 Å². The third kappa shape index (κ3) is 10.7. The molecule has 0 atom stereocenters. The van der Waals surface area contributed by atoms with Crippen LogP contribution in [-0.2, 0) is 0 Å². The van der Waals surface area contributed by atoms with Crippen molar-refractivity contribution in [2.45, 2.75) is 0 Å². The first-order valence-electron chi connectivity index (χ1n) is 1.55. The summed E-state index contributed by atoms with van der Waals surface area (Å²) in [6.07, 6.45) is 0. The zero-order valence-electron chi connectivity index (χ0n) is 5.01. The van der Waals surface area contributed by atoms with Crippen LogP contribution in [0.1, 0.15) is 0 Å². The molecule has 0 aliphatic heterocycles. The molecule has 10 heavy (non-hydrogen) atoms. The Labute approximate surface area is 76.5 Å². The molecule has 2 amide bonds. The number of carbonyl (C=O) groups is 1. The highest BCUT2D eigenvalue weighted by Crippen LogP contribution is 1.76. The monoisotopic (exact) mass is 211 g/mol. The second kappa shape index (κ2) is 11.5. The molecule has 64 valence electrons. The van der Waals surface area contributed by atoms with Gasteiger partial charge in [-0.05, 0) is 0 Å². The number of nitrogens with zero attached hydrogens (tertiary/aromatic N) is 2. The number of halogens is 3. The van der Waals surface area contributed by atoms with E-state index in [1.807, 2.05) is 0 Å². The zero-order chi connectivity index (χ0) is 5.86. The first-order chi connectivity index (χ1) is 3.18. The number of primary amides is 1. The molecule has 0 aromatic heterocycles. The van der Waals surface area contributed by atoms with E-state index in [0.717, 1.165) is 0 Å². The number of urea groups is 1. The van der Waals surface area contributed by atoms with Gasteiger partial charge in [-0.25, -0.2) is 4.79 Å². The lowest BCUT2D eigenvalue weighted by atomic mass is 11.0. The van der Waals surface area contributed by atoms with Gasteiger partial charge in [0, 0.05) is 7.05 Å². The standard InChI is InChI=1S/C2H5N3O2.3ClH/c1-5(4-7)2(3)6;;;/h1H3,(H2,3,6);3*1H. The lowest BCUT2D eigenvalue weighted by Gasteiger charge is -1.97. The summed E-state index contributed by atoms with van der Waals surface area (Å²) < 4.78 is 0. The lowest BCUT2D eigenvalue weighted by Crippen LogP contribution is -2.26. The molecular formula is C2H8Cl3N3O2. The van der Waals surface area contributed by atoms with Crippen LogP contribution >= 0.6 is 37.2 Å². The molecule has 0 spiro atoms. The van der Waals surface area contributed by atoms with Gasteiger partial charge in [0.15, 0.2) is 0 Å². The zero-order valence-corrected chi connectivity index (χ0v) is 7.46. The van der Waals surface area contributed by atoms with E-state index in [2.05, 4.69) is 11.0 Å². The molecular weight excluding hydrogens is 204 g/mol. The summed E-state index contributed by atoms with van der Waals surface area (Å²) in [5.74, 6) is 0. The second-order valence-corrected chi connectivity index (χ2v) is 0.943. The number of hydrogen-bond donors (Lipinski definition) is 1. The van der Waals surface area contributed by atoms with Gasteiger partial charge in [-0.2, -0.15) is 5.01 Å². The minimum Gasteiger partial charge on any atom is -0.350 e. The maximum absolute atomic E-state index is 9.78. The molecule has 0 heterocycles. The Morgan fingerprint density at radius 2 is 1.70 bits per heavy atom. The van der Waals surface area contributed by atoms with Crippen LogP contribution in [0.25, 0.3) is 0 Å². The Balaban J connectivity index is -0.0000000600. The van der Waals surface area contributed by atoms with Crippen LogP contribution in [0.2, 0.25) is 0 Å². The van der Waals surface area contributed by atoms with Gasteiger partial charge in [-0.3, -0.25) is 0 Å². The summed E-state index contributed by atoms with van der Waals surface area (Å²) in [5, 5.41) is 2.70. The van der Waals surface area contributed by atoms with Crippen molar-refractivity contribution in [1.29, 1.82) is 0 Å². The Morgan fingerprint density at radius 3 is 1.70 bits per heavy atom. The number of amides is 2. The first kappa shape index (κ1) is 22.6. The second-order valence-electron chi connectivity index (χ2n) is 0.943. The normalized spacial score (nSPS) is 5.30. The van der Waals surface area contributed by atoms with Crippen molar-refractivity contribution in [2.24, 2.45) is 11.0 Å². The van der Waals surface area contributed by atoms with Crippen LogP contribution in [0.5, 0.6) is 0 Å². The predicted molar refractivity (Wildman–Crippen MR) is 44.9 cm³/mol. The maximum atomic E-state index is 9.78. The Kier molecular flexibility index (Phi) is 26.0. The quantitative estimate of drug-likeness (QED) is 0.519. The van der Waals surface area contributed by atoms with Gasteiger partial charge in [-0.15, -0.1) is 42.1 Å². The van der Waals surface area contributed by atoms with E-state index in [9.17, 15) is 9.70 Å². The third-order valence-corrected chi connectivity index (χ3v) is 0.441. The van der Waals surface area contributed by atoms with Crippen molar-refractivity contribution in [1.82, 2.24) is 5.01 Å². The van der Waals surface area contributed by atoms with Crippen LogP contribution in [-0.4, -0.2) is 18.1 Å². The maximum Gasteiger partial charge on any atom is 0.337 e. The van der Waals surface area contributed by atoms with Gasteiger partial charge in [0.25, 0.3) is 0 Å². The molecule has 0 aliphatic rings. The van der Waals surface area contributed by atoms with Gasteiger partial charge in [0.2, 0.25) is 0 Å². The van der Waals surface area contributed by atoms with Crippen molar-refractivity contribution in [3.63, 3.8) is 0 Å². The van der Waals surface area contributed by atoms with Crippen molar-refractivity contribution in [3.05, 3.63) is 4.91 Å². The average molecular weight is 212 g/mol. The molecule has 0 saturated carbocycles. The average Bonchev–Trinajstić information content (AvgIpc) is 1.65. The number of nitrogens with two attached hydrogens (primary N) is 1. The Hall–Kier alpha value is -0.260. The lowest BCUT2D eigenvalue weighted by molar-refractivity contribution is 0.220. The molecule has 0 fully saturated rings. The van der Waals surface area contributed by atoms with Crippen molar-refractivity contribution < 1.29 is 4.79 Å². The summed E-state index contributed by atoms with van der Waals surface area (Å²) >= 11 is 0. The molecule has 0 bridgehead atoms. The largest absolute Gasteiger partial charge is 0.350 e. The van der Waals surface area contributed by atoms with Crippen molar-refractivity contribution in [2.75, 3.05) is 7.05 Å². The van der Waals surface area contributed by atoms with E-state index in [-0.39, 0.29) is 37.2 Å². The fourth-order valence-electron chi connectivity index (χ4n) is 0.0402. The molecule has 5 nitrogen and oxygen atoms in total. The smallest absolute Gasteiger partial charge is 0.337 e. The third-order valence-electron chi connectivity index (χ3n) is 0.441. The summed E-state index contributed by atoms with van der Waals surface area (Å²) in [6.45, 7) is 0. The van der Waals surface area contributed by atoms with E-state index in [1.165, 1.54) is 7.05 Å². The van der Waals surface area contributed by atoms with E-state index >= 15 is 0 Å².